The number of aliphatic hydroxyl groups excluding tert-OH is 1. The van der Waals surface area contributed by atoms with Crippen LogP contribution in [-0.4, -0.2) is 73.4 Å². The van der Waals surface area contributed by atoms with Crippen LogP contribution >= 0.6 is 0 Å². The Morgan fingerprint density at radius 1 is 1.25 bits per heavy atom. The number of likely N-dealkylation sites (tertiary alicyclic amines) is 1. The van der Waals surface area contributed by atoms with Crippen LogP contribution in [0.5, 0.6) is 0 Å². The lowest BCUT2D eigenvalue weighted by Crippen LogP contribution is -2.58. The van der Waals surface area contributed by atoms with Gasteiger partial charge in [0.25, 0.3) is 0 Å². The molecule has 1 aliphatic heterocycles. The van der Waals surface area contributed by atoms with Gasteiger partial charge >= 0.3 is 6.18 Å². The standard InChI is InChI=1S/C24H29F3N6O3/c1-2-32(11-16-3-5-17(6-4-16)24(25,26)27)21-18-7-9-33(22(18)30-15-29-21)14-23(36)8-10-31(12-19(23)34)13-20(28)35/h3-7,9,15,19,34,36H,2,8,10-14H2,1H3,(H2,28,35). The van der Waals surface area contributed by atoms with E-state index in [0.29, 0.717) is 36.7 Å². The van der Waals surface area contributed by atoms with Crippen molar-refractivity contribution >= 4 is 22.8 Å². The van der Waals surface area contributed by atoms with Crippen molar-refractivity contribution < 1.29 is 28.2 Å². The van der Waals surface area contributed by atoms with Crippen molar-refractivity contribution in [2.24, 2.45) is 5.73 Å². The second-order valence-corrected chi connectivity index (χ2v) is 9.16. The third kappa shape index (κ3) is 5.45. The molecule has 12 heteroatoms. The van der Waals surface area contributed by atoms with Crippen LogP contribution in [0.15, 0.2) is 42.9 Å². The molecule has 0 radical (unpaired) electrons. The number of benzene rings is 1. The molecule has 1 saturated heterocycles. The maximum atomic E-state index is 12.9. The van der Waals surface area contributed by atoms with Gasteiger partial charge in [-0.3, -0.25) is 9.69 Å². The SMILES string of the molecule is CCN(Cc1ccc(C(F)(F)F)cc1)c1ncnc2c1ccn2CC1(O)CCN(CC(N)=O)CC1O. The highest BCUT2D eigenvalue weighted by molar-refractivity contribution is 5.87. The number of aliphatic hydroxyl groups is 2. The fourth-order valence-corrected chi connectivity index (χ4v) is 4.59. The van der Waals surface area contributed by atoms with Crippen LogP contribution in [0.2, 0.25) is 0 Å². The van der Waals surface area contributed by atoms with Crippen LogP contribution in [0.3, 0.4) is 0 Å². The quantitative estimate of drug-likeness (QED) is 0.426. The Balaban J connectivity index is 1.54. The molecule has 1 aromatic carbocycles. The van der Waals surface area contributed by atoms with Gasteiger partial charge in [-0.15, -0.1) is 0 Å². The number of fused-ring (bicyclic) bond motifs is 1. The summed E-state index contributed by atoms with van der Waals surface area (Å²) < 4.78 is 40.4. The number of nitrogens with zero attached hydrogens (tertiary/aromatic N) is 5. The number of nitrogens with two attached hydrogens (primary N) is 1. The Morgan fingerprint density at radius 3 is 2.58 bits per heavy atom. The van der Waals surface area contributed by atoms with E-state index in [1.807, 2.05) is 17.9 Å². The van der Waals surface area contributed by atoms with E-state index in [1.165, 1.54) is 18.5 Å². The normalized spacial score (nSPS) is 21.1. The summed E-state index contributed by atoms with van der Waals surface area (Å²) in [7, 11) is 0. The number of anilines is 1. The third-order valence-electron chi connectivity index (χ3n) is 6.61. The second-order valence-electron chi connectivity index (χ2n) is 9.16. The molecular formula is C24H29F3N6O3. The predicted molar refractivity (Wildman–Crippen MR) is 127 cm³/mol. The molecule has 0 aliphatic carbocycles. The van der Waals surface area contributed by atoms with Crippen molar-refractivity contribution in [1.29, 1.82) is 0 Å². The molecule has 4 rings (SSSR count). The molecule has 1 fully saturated rings. The Bertz CT molecular complexity index is 1220. The molecule has 4 N–H and O–H groups in total. The Hall–Kier alpha value is -3.22. The number of carbonyl (C=O) groups excluding carboxylic acids is 1. The zero-order valence-electron chi connectivity index (χ0n) is 19.8. The van der Waals surface area contributed by atoms with Gasteiger partial charge in [-0.1, -0.05) is 12.1 Å². The summed E-state index contributed by atoms with van der Waals surface area (Å²) in [6.07, 6.45) is -2.07. The van der Waals surface area contributed by atoms with Gasteiger partial charge in [-0.05, 0) is 37.1 Å². The highest BCUT2D eigenvalue weighted by Gasteiger charge is 2.41. The van der Waals surface area contributed by atoms with Gasteiger partial charge in [0.2, 0.25) is 5.91 Å². The first kappa shape index (κ1) is 25.9. The van der Waals surface area contributed by atoms with Gasteiger partial charge in [0, 0.05) is 32.4 Å². The second kappa shape index (κ2) is 10.0. The van der Waals surface area contributed by atoms with Crippen LogP contribution in [-0.2, 0) is 24.1 Å². The lowest BCUT2D eigenvalue weighted by atomic mass is 9.88. The fourth-order valence-electron chi connectivity index (χ4n) is 4.59. The number of hydrogen-bond acceptors (Lipinski definition) is 7. The molecule has 0 saturated carbocycles. The first-order valence-corrected chi connectivity index (χ1v) is 11.6. The molecule has 3 heterocycles. The maximum absolute atomic E-state index is 12.9. The van der Waals surface area contributed by atoms with Gasteiger partial charge in [0.1, 0.15) is 23.4 Å². The number of rotatable bonds is 8. The first-order chi connectivity index (χ1) is 17.0. The summed E-state index contributed by atoms with van der Waals surface area (Å²) in [5, 5.41) is 22.5. The third-order valence-corrected chi connectivity index (χ3v) is 6.61. The molecule has 1 amide bonds. The van der Waals surface area contributed by atoms with Crippen molar-refractivity contribution in [3.05, 3.63) is 54.0 Å². The Kier molecular flexibility index (Phi) is 7.21. The summed E-state index contributed by atoms with van der Waals surface area (Å²) >= 11 is 0. The van der Waals surface area contributed by atoms with Crippen molar-refractivity contribution in [3.63, 3.8) is 0 Å². The summed E-state index contributed by atoms with van der Waals surface area (Å²) in [6, 6.07) is 6.86. The topological polar surface area (TPSA) is 121 Å². The molecular weight excluding hydrogens is 477 g/mol. The van der Waals surface area contributed by atoms with E-state index in [1.54, 1.807) is 15.7 Å². The molecule has 1 aliphatic rings. The molecule has 2 unspecified atom stereocenters. The monoisotopic (exact) mass is 506 g/mol. The average molecular weight is 507 g/mol. The summed E-state index contributed by atoms with van der Waals surface area (Å²) in [4.78, 5) is 23.6. The largest absolute Gasteiger partial charge is 0.416 e. The van der Waals surface area contributed by atoms with Crippen molar-refractivity contribution in [2.75, 3.05) is 31.1 Å². The summed E-state index contributed by atoms with van der Waals surface area (Å²) in [6.45, 7) is 3.46. The summed E-state index contributed by atoms with van der Waals surface area (Å²) in [5.74, 6) is 0.120. The van der Waals surface area contributed by atoms with Crippen LogP contribution in [0, 0.1) is 0 Å². The predicted octanol–water partition coefficient (Wildman–Crippen LogP) is 1.76. The molecule has 194 valence electrons. The van der Waals surface area contributed by atoms with Gasteiger partial charge in [0.05, 0.1) is 30.1 Å². The molecule has 2 aromatic heterocycles. The molecule has 2 atom stereocenters. The summed E-state index contributed by atoms with van der Waals surface area (Å²) in [5.41, 5.74) is 4.39. The van der Waals surface area contributed by atoms with E-state index in [4.69, 9.17) is 5.73 Å². The lowest BCUT2D eigenvalue weighted by Gasteiger charge is -2.42. The van der Waals surface area contributed by atoms with E-state index < -0.39 is 29.4 Å². The average Bonchev–Trinajstić information content (AvgIpc) is 3.22. The first-order valence-electron chi connectivity index (χ1n) is 11.6. The highest BCUT2D eigenvalue weighted by atomic mass is 19.4. The number of halogens is 3. The number of piperidine rings is 1. The zero-order chi connectivity index (χ0) is 26.1. The molecule has 9 nitrogen and oxygen atoms in total. The van der Waals surface area contributed by atoms with Crippen molar-refractivity contribution in [1.82, 2.24) is 19.4 Å². The van der Waals surface area contributed by atoms with Crippen LogP contribution < -0.4 is 10.6 Å². The Morgan fingerprint density at radius 2 is 1.97 bits per heavy atom. The van der Waals surface area contributed by atoms with E-state index in [-0.39, 0.29) is 26.1 Å². The molecule has 36 heavy (non-hydrogen) atoms. The number of carbonyl (C=O) groups is 1. The van der Waals surface area contributed by atoms with Gasteiger partial charge in [0.15, 0.2) is 0 Å². The fraction of sp³-hybridized carbons (Fsp3) is 0.458. The maximum Gasteiger partial charge on any atom is 0.416 e. The minimum absolute atomic E-state index is 0.0158. The van der Waals surface area contributed by atoms with Gasteiger partial charge in [-0.25, -0.2) is 9.97 Å². The van der Waals surface area contributed by atoms with Crippen LogP contribution in [0.4, 0.5) is 19.0 Å². The van der Waals surface area contributed by atoms with Gasteiger partial charge in [-0.2, -0.15) is 13.2 Å². The molecule has 0 bridgehead atoms. The van der Waals surface area contributed by atoms with E-state index >= 15 is 0 Å². The number of β-amino-alcohol motifs (C(OH)–C–C–N with tert-alkyl or cyclic N) is 1. The Labute approximate surface area is 206 Å². The number of primary amides is 1. The highest BCUT2D eigenvalue weighted by Crippen LogP contribution is 2.31. The van der Waals surface area contributed by atoms with E-state index in [9.17, 15) is 28.2 Å². The van der Waals surface area contributed by atoms with E-state index in [2.05, 4.69) is 9.97 Å². The number of amides is 1. The number of hydrogen-bond donors (Lipinski definition) is 3. The van der Waals surface area contributed by atoms with Crippen LogP contribution in [0.25, 0.3) is 11.0 Å². The van der Waals surface area contributed by atoms with E-state index in [0.717, 1.165) is 17.5 Å². The molecule has 3 aromatic rings. The zero-order valence-corrected chi connectivity index (χ0v) is 19.8. The van der Waals surface area contributed by atoms with Crippen molar-refractivity contribution in [2.45, 2.75) is 44.3 Å². The molecule has 0 spiro atoms. The lowest BCUT2D eigenvalue weighted by molar-refractivity contribution is -0.137. The minimum Gasteiger partial charge on any atom is -0.389 e. The smallest absolute Gasteiger partial charge is 0.389 e. The number of alkyl halides is 3. The van der Waals surface area contributed by atoms with Crippen LogP contribution in [0.1, 0.15) is 24.5 Å². The number of aromatic nitrogens is 3. The minimum atomic E-state index is -4.39. The van der Waals surface area contributed by atoms with Gasteiger partial charge < -0.3 is 25.4 Å². The van der Waals surface area contributed by atoms with Crippen molar-refractivity contribution in [3.8, 4) is 0 Å².